The van der Waals surface area contributed by atoms with E-state index in [0.717, 1.165) is 13.1 Å². The first kappa shape index (κ1) is 11.9. The quantitative estimate of drug-likeness (QED) is 0.614. The second kappa shape index (κ2) is 4.54. The third-order valence-corrected chi connectivity index (χ3v) is 16.6. The van der Waals surface area contributed by atoms with Crippen LogP contribution in [0.3, 0.4) is 0 Å². The molecule has 1 aliphatic heterocycles. The van der Waals surface area contributed by atoms with Gasteiger partial charge >= 0.3 is 95.6 Å². The van der Waals surface area contributed by atoms with Crippen molar-refractivity contribution in [2.24, 2.45) is 0 Å². The van der Waals surface area contributed by atoms with Crippen molar-refractivity contribution in [2.45, 2.75) is 30.9 Å². The molecule has 0 atom stereocenters. The SMILES string of the molecule is CC(C)(C)O[C](=O)[Zn]([I])[CH]1CNC1. The van der Waals surface area contributed by atoms with E-state index in [0.29, 0.717) is 4.51 Å². The summed E-state index contributed by atoms with van der Waals surface area (Å²) in [5.41, 5.74) is -0.311. The molecule has 1 aliphatic rings. The van der Waals surface area contributed by atoms with Crippen LogP contribution in [-0.2, 0) is 17.2 Å². The Kier molecular flexibility index (Phi) is 4.14. The van der Waals surface area contributed by atoms with Gasteiger partial charge in [0, 0.05) is 0 Å². The Morgan fingerprint density at radius 1 is 1.54 bits per heavy atom. The van der Waals surface area contributed by atoms with Gasteiger partial charge in [-0.15, -0.1) is 0 Å². The fraction of sp³-hybridized carbons (Fsp3) is 0.875. The van der Waals surface area contributed by atoms with E-state index in [2.05, 4.69) is 25.1 Å². The molecular formula is C8H15INO2Zn. The first-order valence-corrected chi connectivity index (χ1v) is 16.9. The third-order valence-electron chi connectivity index (χ3n) is 2.07. The van der Waals surface area contributed by atoms with E-state index in [4.69, 9.17) is 4.74 Å². The van der Waals surface area contributed by atoms with Crippen LogP contribution in [0, 0.1) is 0 Å². The molecule has 0 aromatic carbocycles. The van der Waals surface area contributed by atoms with Crippen molar-refractivity contribution in [2.75, 3.05) is 13.1 Å². The van der Waals surface area contributed by atoms with Crippen LogP contribution in [0.25, 0.3) is 0 Å². The molecule has 0 radical (unpaired) electrons. The minimum atomic E-state index is -2.03. The van der Waals surface area contributed by atoms with E-state index in [1.807, 2.05) is 20.8 Å². The van der Waals surface area contributed by atoms with Crippen LogP contribution in [-0.4, -0.2) is 23.3 Å². The van der Waals surface area contributed by atoms with Crippen molar-refractivity contribution in [1.82, 2.24) is 5.32 Å². The predicted octanol–water partition coefficient (Wildman–Crippen LogP) is 2.28. The molecular weight excluding hydrogens is 334 g/mol. The van der Waals surface area contributed by atoms with E-state index in [1.165, 1.54) is 0 Å². The summed E-state index contributed by atoms with van der Waals surface area (Å²) in [7, 11) is 0. The van der Waals surface area contributed by atoms with E-state index in [9.17, 15) is 4.79 Å². The van der Waals surface area contributed by atoms with Crippen molar-refractivity contribution in [1.29, 1.82) is 0 Å². The molecule has 0 aliphatic carbocycles. The van der Waals surface area contributed by atoms with Crippen molar-refractivity contribution in [3.8, 4) is 0 Å². The van der Waals surface area contributed by atoms with Gasteiger partial charge in [-0.1, -0.05) is 0 Å². The fourth-order valence-electron chi connectivity index (χ4n) is 1.25. The van der Waals surface area contributed by atoms with Crippen molar-refractivity contribution >= 4 is 24.3 Å². The zero-order chi connectivity index (χ0) is 10.1. The standard InChI is InChI=1S/C5H9O2.C3H6N.HI.Zn/c1-5(2,3)7-4-6;1-2-4-3-1;;/h1-3H3;1,4H,2-3H2;1H;/q;;;+1/p-1. The first-order valence-electron chi connectivity index (χ1n) is 4.67. The number of rotatable bonds is 2. The van der Waals surface area contributed by atoms with Crippen molar-refractivity contribution < 1.29 is 22.0 Å². The predicted molar refractivity (Wildman–Crippen MR) is 56.9 cm³/mol. The molecule has 0 unspecified atom stereocenters. The summed E-state index contributed by atoms with van der Waals surface area (Å²) in [6.45, 7) is 7.85. The molecule has 0 aromatic heterocycles. The summed E-state index contributed by atoms with van der Waals surface area (Å²) in [6.07, 6.45) is 0. The van der Waals surface area contributed by atoms with E-state index >= 15 is 0 Å². The first-order chi connectivity index (χ1) is 5.90. The van der Waals surface area contributed by atoms with E-state index < -0.39 is 12.4 Å². The van der Waals surface area contributed by atoms with Crippen LogP contribution in [0.2, 0.25) is 4.51 Å². The van der Waals surface area contributed by atoms with Gasteiger partial charge in [0.15, 0.2) is 0 Å². The van der Waals surface area contributed by atoms with Gasteiger partial charge in [-0.3, -0.25) is 0 Å². The Bertz CT molecular complexity index is 201. The Balaban J connectivity index is 2.38. The van der Waals surface area contributed by atoms with Gasteiger partial charge in [0.05, 0.1) is 0 Å². The minimum absolute atomic E-state index is 0.125. The summed E-state index contributed by atoms with van der Waals surface area (Å²) in [6, 6.07) is 0. The molecule has 0 bridgehead atoms. The number of carbonyl (C=O) groups excluding carboxylic acids is 1. The van der Waals surface area contributed by atoms with Crippen LogP contribution in [0.15, 0.2) is 0 Å². The number of hydrogen-bond acceptors (Lipinski definition) is 3. The van der Waals surface area contributed by atoms with Gasteiger partial charge in [0.2, 0.25) is 0 Å². The zero-order valence-corrected chi connectivity index (χ0v) is 13.5. The van der Waals surface area contributed by atoms with Crippen LogP contribution in [0.5, 0.6) is 0 Å². The van der Waals surface area contributed by atoms with Crippen LogP contribution >= 0.6 is 19.8 Å². The Labute approximate surface area is 95.1 Å². The fourth-order valence-corrected chi connectivity index (χ4v) is 9.40. The van der Waals surface area contributed by atoms with Crippen molar-refractivity contribution in [3.05, 3.63) is 0 Å². The summed E-state index contributed by atoms with van der Waals surface area (Å²) >= 11 is 0.344. The number of halogens is 1. The third kappa shape index (κ3) is 3.80. The summed E-state index contributed by atoms with van der Waals surface area (Å²) in [5.74, 6) is 0. The average molecular weight is 350 g/mol. The molecule has 73 valence electrons. The summed E-state index contributed by atoms with van der Waals surface area (Å²) in [4.78, 5) is 11.6. The van der Waals surface area contributed by atoms with Crippen LogP contribution in [0.1, 0.15) is 20.8 Å². The van der Waals surface area contributed by atoms with Crippen molar-refractivity contribution in [3.63, 3.8) is 0 Å². The maximum atomic E-state index is 11.6. The summed E-state index contributed by atoms with van der Waals surface area (Å²) in [5, 5.41) is 3.20. The molecule has 1 saturated heterocycles. The molecule has 0 spiro atoms. The second-order valence-electron chi connectivity index (χ2n) is 4.60. The van der Waals surface area contributed by atoms with E-state index in [1.54, 1.807) is 0 Å². The molecule has 1 heterocycles. The number of ether oxygens (including phenoxy) is 1. The van der Waals surface area contributed by atoms with Gasteiger partial charge in [-0.2, -0.15) is 0 Å². The van der Waals surface area contributed by atoms with Gasteiger partial charge in [0.25, 0.3) is 0 Å². The topological polar surface area (TPSA) is 38.3 Å². The van der Waals surface area contributed by atoms with Gasteiger partial charge in [-0.25, -0.2) is 0 Å². The van der Waals surface area contributed by atoms with Gasteiger partial charge < -0.3 is 0 Å². The molecule has 1 fully saturated rings. The maximum absolute atomic E-state index is 11.6. The molecule has 1 N–H and O–H groups in total. The Hall–Kier alpha value is 0.783. The second-order valence-corrected chi connectivity index (χ2v) is 18.8. The average Bonchev–Trinajstić information content (AvgIpc) is 1.78. The molecule has 0 saturated carbocycles. The zero-order valence-electron chi connectivity index (χ0n) is 8.39. The number of carbonyl (C=O) groups is 1. The van der Waals surface area contributed by atoms with E-state index in [-0.39, 0.29) is 10.2 Å². The number of hydrogen-bond donors (Lipinski definition) is 1. The molecule has 5 heteroatoms. The normalized spacial score (nSPS) is 17.8. The van der Waals surface area contributed by atoms with Crippen LogP contribution < -0.4 is 5.32 Å². The molecule has 0 amide bonds. The monoisotopic (exact) mass is 348 g/mol. The Morgan fingerprint density at radius 2 is 2.08 bits per heavy atom. The van der Waals surface area contributed by atoms with Crippen LogP contribution in [0.4, 0.5) is 4.79 Å². The molecule has 3 nitrogen and oxygen atoms in total. The molecule has 1 rings (SSSR count). The Morgan fingerprint density at radius 3 is 2.38 bits per heavy atom. The van der Waals surface area contributed by atoms with Gasteiger partial charge in [-0.05, 0) is 0 Å². The number of nitrogens with one attached hydrogen (secondary N) is 1. The molecule has 0 aromatic rings. The van der Waals surface area contributed by atoms with Gasteiger partial charge in [0.1, 0.15) is 0 Å². The molecule has 13 heavy (non-hydrogen) atoms. The summed E-state index contributed by atoms with van der Waals surface area (Å²) < 4.78 is 6.16.